The lowest BCUT2D eigenvalue weighted by Crippen LogP contribution is -2.01. The molecule has 0 unspecified atom stereocenters. The maximum absolute atomic E-state index is 13.2. The molecule has 0 fully saturated rings. The quantitative estimate of drug-likeness (QED) is 0.697. The molecule has 0 saturated carbocycles. The summed E-state index contributed by atoms with van der Waals surface area (Å²) in [5, 5.41) is 0. The van der Waals surface area contributed by atoms with E-state index in [1.807, 2.05) is 0 Å². The highest BCUT2D eigenvalue weighted by Crippen LogP contribution is 2.34. The van der Waals surface area contributed by atoms with Gasteiger partial charge >= 0.3 is 0 Å². The number of halogens is 1. The summed E-state index contributed by atoms with van der Waals surface area (Å²) in [7, 11) is 0. The number of ether oxygens (including phenoxy) is 2. The summed E-state index contributed by atoms with van der Waals surface area (Å²) >= 11 is 0. The van der Waals surface area contributed by atoms with Crippen LogP contribution in [0.3, 0.4) is 0 Å². The molecule has 0 atom stereocenters. The Labute approximate surface area is 74.0 Å². The maximum Gasteiger partial charge on any atom is 0.231 e. The van der Waals surface area contributed by atoms with E-state index in [2.05, 4.69) is 4.84 Å². The summed E-state index contributed by atoms with van der Waals surface area (Å²) in [6.07, 6.45) is 0. The van der Waals surface area contributed by atoms with Crippen LogP contribution < -0.4 is 15.4 Å². The van der Waals surface area contributed by atoms with Crippen molar-refractivity contribution >= 4 is 0 Å². The van der Waals surface area contributed by atoms with E-state index < -0.39 is 5.82 Å². The van der Waals surface area contributed by atoms with E-state index in [9.17, 15) is 4.39 Å². The highest BCUT2D eigenvalue weighted by molar-refractivity contribution is 5.45. The third-order valence-electron chi connectivity index (χ3n) is 1.78. The first-order valence-electron chi connectivity index (χ1n) is 3.71. The third-order valence-corrected chi connectivity index (χ3v) is 1.78. The van der Waals surface area contributed by atoms with Crippen LogP contribution in [0.4, 0.5) is 4.39 Å². The Hall–Kier alpha value is -1.33. The first-order chi connectivity index (χ1) is 6.31. The van der Waals surface area contributed by atoms with E-state index in [-0.39, 0.29) is 13.4 Å². The highest BCUT2D eigenvalue weighted by atomic mass is 19.1. The van der Waals surface area contributed by atoms with E-state index in [4.69, 9.17) is 15.4 Å². The second-order valence-electron chi connectivity index (χ2n) is 2.61. The smallest absolute Gasteiger partial charge is 0.231 e. The van der Waals surface area contributed by atoms with Crippen molar-refractivity contribution in [2.45, 2.75) is 6.61 Å². The highest BCUT2D eigenvalue weighted by Gasteiger charge is 2.16. The fourth-order valence-corrected chi connectivity index (χ4v) is 1.16. The standard InChI is InChI=1S/C8H8FNO3/c9-6-2-8-7(11-4-12-8)1-5(6)3-13-10/h1-2H,3-4,10H2. The van der Waals surface area contributed by atoms with Gasteiger partial charge in [0.15, 0.2) is 11.5 Å². The molecule has 0 saturated heterocycles. The van der Waals surface area contributed by atoms with Gasteiger partial charge in [-0.25, -0.2) is 10.3 Å². The Morgan fingerprint density at radius 1 is 1.38 bits per heavy atom. The second kappa shape index (κ2) is 3.20. The van der Waals surface area contributed by atoms with Crippen LogP contribution in [0, 0.1) is 5.82 Å². The van der Waals surface area contributed by atoms with Crippen LogP contribution in [0.5, 0.6) is 11.5 Å². The Morgan fingerprint density at radius 3 is 2.77 bits per heavy atom. The Morgan fingerprint density at radius 2 is 2.08 bits per heavy atom. The zero-order chi connectivity index (χ0) is 9.26. The normalized spacial score (nSPS) is 13.4. The zero-order valence-corrected chi connectivity index (χ0v) is 6.75. The van der Waals surface area contributed by atoms with Crippen molar-refractivity contribution in [3.63, 3.8) is 0 Å². The van der Waals surface area contributed by atoms with Crippen LogP contribution in [0.25, 0.3) is 0 Å². The molecule has 5 heteroatoms. The fraction of sp³-hybridized carbons (Fsp3) is 0.250. The van der Waals surface area contributed by atoms with Crippen LogP contribution in [0.15, 0.2) is 12.1 Å². The van der Waals surface area contributed by atoms with Crippen molar-refractivity contribution in [2.24, 2.45) is 5.90 Å². The topological polar surface area (TPSA) is 53.7 Å². The molecule has 1 aliphatic heterocycles. The molecule has 13 heavy (non-hydrogen) atoms. The molecule has 0 amide bonds. The molecule has 1 aromatic rings. The van der Waals surface area contributed by atoms with Gasteiger partial charge in [-0.05, 0) is 6.07 Å². The van der Waals surface area contributed by atoms with Gasteiger partial charge in [-0.2, -0.15) is 0 Å². The minimum absolute atomic E-state index is 0.0163. The average Bonchev–Trinajstić information content (AvgIpc) is 2.52. The van der Waals surface area contributed by atoms with E-state index in [1.165, 1.54) is 12.1 Å². The number of fused-ring (bicyclic) bond motifs is 1. The molecule has 1 aliphatic rings. The van der Waals surface area contributed by atoms with Gasteiger partial charge in [-0.15, -0.1) is 0 Å². The second-order valence-corrected chi connectivity index (χ2v) is 2.61. The Kier molecular flexibility index (Phi) is 2.03. The number of benzene rings is 1. The number of hydrogen-bond acceptors (Lipinski definition) is 4. The van der Waals surface area contributed by atoms with Gasteiger partial charge in [0, 0.05) is 11.6 Å². The molecule has 0 bridgehead atoms. The van der Waals surface area contributed by atoms with E-state index >= 15 is 0 Å². The molecule has 4 nitrogen and oxygen atoms in total. The van der Waals surface area contributed by atoms with Gasteiger partial charge in [0.1, 0.15) is 5.82 Å². The summed E-state index contributed by atoms with van der Waals surface area (Å²) in [5.41, 5.74) is 0.353. The van der Waals surface area contributed by atoms with E-state index in [0.29, 0.717) is 17.1 Å². The van der Waals surface area contributed by atoms with Gasteiger partial charge in [-0.1, -0.05) is 0 Å². The number of nitrogens with two attached hydrogens (primary N) is 1. The largest absolute Gasteiger partial charge is 0.454 e. The molecular formula is C8H8FNO3. The van der Waals surface area contributed by atoms with Crippen molar-refractivity contribution in [1.29, 1.82) is 0 Å². The van der Waals surface area contributed by atoms with Gasteiger partial charge < -0.3 is 9.47 Å². The predicted octanol–water partition coefficient (Wildman–Crippen LogP) is 0.945. The molecule has 70 valence electrons. The summed E-state index contributed by atoms with van der Waals surface area (Å²) < 4.78 is 23.2. The van der Waals surface area contributed by atoms with E-state index in [1.54, 1.807) is 0 Å². The first kappa shape index (κ1) is 8.28. The lowest BCUT2D eigenvalue weighted by atomic mass is 10.2. The van der Waals surface area contributed by atoms with Gasteiger partial charge in [0.05, 0.1) is 6.61 Å². The van der Waals surface area contributed by atoms with Crippen LogP contribution >= 0.6 is 0 Å². The zero-order valence-electron chi connectivity index (χ0n) is 6.75. The molecule has 0 radical (unpaired) electrons. The summed E-state index contributed by atoms with van der Waals surface area (Å²) in [6, 6.07) is 2.78. The molecule has 2 rings (SSSR count). The third kappa shape index (κ3) is 1.43. The predicted molar refractivity (Wildman–Crippen MR) is 41.5 cm³/mol. The summed E-state index contributed by atoms with van der Waals surface area (Å²) in [5.74, 6) is 5.36. The minimum atomic E-state index is -0.408. The number of hydrogen-bond donors (Lipinski definition) is 1. The lowest BCUT2D eigenvalue weighted by molar-refractivity contribution is 0.121. The van der Waals surface area contributed by atoms with Crippen molar-refractivity contribution in [1.82, 2.24) is 0 Å². The molecule has 1 heterocycles. The van der Waals surface area contributed by atoms with Crippen LogP contribution in [0.2, 0.25) is 0 Å². The van der Waals surface area contributed by atoms with Gasteiger partial charge in [0.25, 0.3) is 0 Å². The van der Waals surface area contributed by atoms with Crippen molar-refractivity contribution in [3.8, 4) is 11.5 Å². The van der Waals surface area contributed by atoms with Gasteiger partial charge in [0.2, 0.25) is 6.79 Å². The van der Waals surface area contributed by atoms with Crippen molar-refractivity contribution in [3.05, 3.63) is 23.5 Å². The van der Waals surface area contributed by atoms with Crippen LogP contribution in [0.1, 0.15) is 5.56 Å². The van der Waals surface area contributed by atoms with Crippen LogP contribution in [-0.2, 0) is 11.4 Å². The monoisotopic (exact) mass is 185 g/mol. The van der Waals surface area contributed by atoms with Crippen molar-refractivity contribution < 1.29 is 18.7 Å². The Balaban J connectivity index is 2.37. The Bertz CT molecular complexity index is 329. The lowest BCUT2D eigenvalue weighted by Gasteiger charge is -2.02. The minimum Gasteiger partial charge on any atom is -0.454 e. The molecule has 1 aromatic carbocycles. The number of rotatable bonds is 2. The van der Waals surface area contributed by atoms with Gasteiger partial charge in [-0.3, -0.25) is 4.84 Å². The van der Waals surface area contributed by atoms with Crippen molar-refractivity contribution in [2.75, 3.05) is 6.79 Å². The average molecular weight is 185 g/mol. The van der Waals surface area contributed by atoms with Crippen LogP contribution in [-0.4, -0.2) is 6.79 Å². The maximum atomic E-state index is 13.2. The molecule has 0 spiro atoms. The van der Waals surface area contributed by atoms with E-state index in [0.717, 1.165) is 0 Å². The summed E-state index contributed by atoms with van der Waals surface area (Å²) in [4.78, 5) is 4.33. The summed E-state index contributed by atoms with van der Waals surface area (Å²) in [6.45, 7) is 0.143. The SMILES string of the molecule is NOCc1cc2c(cc1F)OCO2. The fourth-order valence-electron chi connectivity index (χ4n) is 1.16. The molecule has 0 aliphatic carbocycles. The first-order valence-corrected chi connectivity index (χ1v) is 3.71. The molecule has 0 aromatic heterocycles. The molecule has 2 N–H and O–H groups in total. The molecular weight excluding hydrogens is 177 g/mol.